The second kappa shape index (κ2) is 9.86. The van der Waals surface area contributed by atoms with Gasteiger partial charge in [0.15, 0.2) is 0 Å². The molecular weight excluding hydrogens is 414 g/mol. The van der Waals surface area contributed by atoms with Crippen LogP contribution in [0.5, 0.6) is 0 Å². The van der Waals surface area contributed by atoms with Crippen molar-refractivity contribution < 1.29 is 14.4 Å². The maximum absolute atomic E-state index is 13.3. The Morgan fingerprint density at radius 2 is 1.61 bits per heavy atom. The summed E-state index contributed by atoms with van der Waals surface area (Å²) in [6.45, 7) is 4.76. The van der Waals surface area contributed by atoms with Crippen LogP contribution in [0.2, 0.25) is 0 Å². The minimum atomic E-state index is -0.334. The largest absolute Gasteiger partial charge is 0.350 e. The lowest BCUT2D eigenvalue weighted by Crippen LogP contribution is -2.44. The van der Waals surface area contributed by atoms with Crippen LogP contribution in [-0.4, -0.2) is 41.8 Å². The molecule has 0 spiro atoms. The molecule has 0 aromatic heterocycles. The van der Waals surface area contributed by atoms with Gasteiger partial charge in [0.2, 0.25) is 5.91 Å². The molecule has 1 heterocycles. The number of piperidine rings is 1. The van der Waals surface area contributed by atoms with E-state index in [0.717, 1.165) is 17.2 Å². The molecule has 3 aromatic carbocycles. The van der Waals surface area contributed by atoms with E-state index >= 15 is 0 Å². The Balaban J connectivity index is 1.49. The van der Waals surface area contributed by atoms with E-state index in [1.54, 1.807) is 29.2 Å². The van der Waals surface area contributed by atoms with Gasteiger partial charge in [-0.1, -0.05) is 48.5 Å². The van der Waals surface area contributed by atoms with E-state index < -0.39 is 0 Å². The van der Waals surface area contributed by atoms with E-state index in [9.17, 15) is 14.4 Å². The normalized spacial score (nSPS) is 16.0. The fourth-order valence-electron chi connectivity index (χ4n) is 4.32. The van der Waals surface area contributed by atoms with Crippen LogP contribution >= 0.6 is 0 Å². The highest BCUT2D eigenvalue weighted by Gasteiger charge is 2.30. The van der Waals surface area contributed by atoms with Crippen molar-refractivity contribution in [2.45, 2.75) is 32.7 Å². The van der Waals surface area contributed by atoms with Gasteiger partial charge in [0, 0.05) is 24.7 Å². The van der Waals surface area contributed by atoms with Gasteiger partial charge in [0.1, 0.15) is 0 Å². The molecule has 1 aliphatic rings. The zero-order valence-corrected chi connectivity index (χ0v) is 19.0. The lowest BCUT2D eigenvalue weighted by atomic mass is 9.95. The minimum absolute atomic E-state index is 0.00626. The van der Waals surface area contributed by atoms with Crippen molar-refractivity contribution in [2.75, 3.05) is 18.4 Å². The Bertz CT molecular complexity index is 1180. The lowest BCUT2D eigenvalue weighted by Gasteiger charge is -2.32. The Morgan fingerprint density at radius 3 is 2.42 bits per heavy atom. The topological polar surface area (TPSA) is 78.5 Å². The minimum Gasteiger partial charge on any atom is -0.350 e. The summed E-state index contributed by atoms with van der Waals surface area (Å²) in [5, 5.41) is 7.73. The molecule has 3 aromatic rings. The zero-order chi connectivity index (χ0) is 23.4. The number of likely N-dealkylation sites (tertiary alicyclic amines) is 1. The smallest absolute Gasteiger partial charge is 0.254 e. The molecule has 6 heteroatoms. The van der Waals surface area contributed by atoms with Gasteiger partial charge in [0.05, 0.1) is 17.2 Å². The summed E-state index contributed by atoms with van der Waals surface area (Å²) >= 11 is 0. The van der Waals surface area contributed by atoms with Gasteiger partial charge in [-0.05, 0) is 55.7 Å². The maximum atomic E-state index is 13.3. The molecule has 0 aliphatic carbocycles. The number of anilines is 1. The third-order valence-corrected chi connectivity index (χ3v) is 5.95. The maximum Gasteiger partial charge on any atom is 0.254 e. The van der Waals surface area contributed by atoms with Gasteiger partial charge in [-0.25, -0.2) is 0 Å². The molecule has 1 atom stereocenters. The SMILES string of the molecule is CC(C)NC(=O)c1ccccc1NC(=O)C1CCCN(C(=O)c2cccc3ccccc23)C1. The molecule has 33 heavy (non-hydrogen) atoms. The monoisotopic (exact) mass is 443 g/mol. The Morgan fingerprint density at radius 1 is 0.909 bits per heavy atom. The van der Waals surface area contributed by atoms with E-state index in [4.69, 9.17) is 0 Å². The number of fused-ring (bicyclic) bond motifs is 1. The molecule has 6 nitrogen and oxygen atoms in total. The van der Waals surface area contributed by atoms with Crippen molar-refractivity contribution in [1.82, 2.24) is 10.2 Å². The molecule has 2 N–H and O–H groups in total. The fourth-order valence-corrected chi connectivity index (χ4v) is 4.32. The molecule has 1 unspecified atom stereocenters. The van der Waals surface area contributed by atoms with Gasteiger partial charge >= 0.3 is 0 Å². The Hall–Kier alpha value is -3.67. The number of hydrogen-bond acceptors (Lipinski definition) is 3. The molecule has 3 amide bonds. The summed E-state index contributed by atoms with van der Waals surface area (Å²) in [7, 11) is 0. The van der Waals surface area contributed by atoms with Gasteiger partial charge < -0.3 is 15.5 Å². The summed E-state index contributed by atoms with van der Waals surface area (Å²) in [5.41, 5.74) is 1.57. The molecule has 0 radical (unpaired) electrons. The third-order valence-electron chi connectivity index (χ3n) is 5.95. The van der Waals surface area contributed by atoms with E-state index in [1.165, 1.54) is 0 Å². The summed E-state index contributed by atoms with van der Waals surface area (Å²) in [6.07, 6.45) is 1.45. The summed E-state index contributed by atoms with van der Waals surface area (Å²) in [5.74, 6) is -0.785. The zero-order valence-electron chi connectivity index (χ0n) is 19.0. The second-order valence-electron chi connectivity index (χ2n) is 8.78. The second-order valence-corrected chi connectivity index (χ2v) is 8.78. The lowest BCUT2D eigenvalue weighted by molar-refractivity contribution is -0.121. The highest BCUT2D eigenvalue weighted by molar-refractivity contribution is 6.07. The first-order chi connectivity index (χ1) is 15.9. The van der Waals surface area contributed by atoms with Crippen LogP contribution < -0.4 is 10.6 Å². The average molecular weight is 444 g/mol. The van der Waals surface area contributed by atoms with Crippen LogP contribution in [0.4, 0.5) is 5.69 Å². The first-order valence-corrected chi connectivity index (χ1v) is 11.4. The Labute approximate surface area is 194 Å². The van der Waals surface area contributed by atoms with Crippen LogP contribution in [0.1, 0.15) is 47.4 Å². The molecule has 1 aliphatic heterocycles. The number of nitrogens with zero attached hydrogens (tertiary/aromatic N) is 1. The predicted molar refractivity (Wildman–Crippen MR) is 130 cm³/mol. The molecule has 1 fully saturated rings. The van der Waals surface area contributed by atoms with Crippen molar-refractivity contribution in [3.8, 4) is 0 Å². The van der Waals surface area contributed by atoms with Crippen LogP contribution in [0.15, 0.2) is 66.7 Å². The molecule has 4 rings (SSSR count). The predicted octanol–water partition coefficient (Wildman–Crippen LogP) is 4.47. The van der Waals surface area contributed by atoms with Gasteiger partial charge in [0.25, 0.3) is 11.8 Å². The van der Waals surface area contributed by atoms with E-state index in [2.05, 4.69) is 10.6 Å². The van der Waals surface area contributed by atoms with Crippen molar-refractivity contribution in [3.63, 3.8) is 0 Å². The van der Waals surface area contributed by atoms with Crippen molar-refractivity contribution in [3.05, 3.63) is 77.9 Å². The first kappa shape index (κ1) is 22.5. The quantitative estimate of drug-likeness (QED) is 0.611. The van der Waals surface area contributed by atoms with Crippen LogP contribution in [0.3, 0.4) is 0 Å². The van der Waals surface area contributed by atoms with Crippen LogP contribution in [0, 0.1) is 5.92 Å². The van der Waals surface area contributed by atoms with Crippen molar-refractivity contribution in [2.24, 2.45) is 5.92 Å². The third kappa shape index (κ3) is 5.06. The number of carbonyl (C=O) groups is 3. The fraction of sp³-hybridized carbons (Fsp3) is 0.296. The molecule has 170 valence electrons. The van der Waals surface area contributed by atoms with Gasteiger partial charge in [-0.3, -0.25) is 14.4 Å². The van der Waals surface area contributed by atoms with Crippen LogP contribution in [0.25, 0.3) is 10.8 Å². The highest BCUT2D eigenvalue weighted by Crippen LogP contribution is 2.25. The summed E-state index contributed by atoms with van der Waals surface area (Å²) < 4.78 is 0. The first-order valence-electron chi connectivity index (χ1n) is 11.4. The molecular formula is C27H29N3O3. The van der Waals surface area contributed by atoms with E-state index in [1.807, 2.05) is 56.3 Å². The number of para-hydroxylation sites is 1. The van der Waals surface area contributed by atoms with Crippen molar-refractivity contribution >= 4 is 34.2 Å². The number of carbonyl (C=O) groups excluding carboxylic acids is 3. The molecule has 0 saturated carbocycles. The number of amides is 3. The van der Waals surface area contributed by atoms with E-state index in [-0.39, 0.29) is 29.7 Å². The molecule has 1 saturated heterocycles. The highest BCUT2D eigenvalue weighted by atomic mass is 16.2. The number of benzene rings is 3. The Kier molecular flexibility index (Phi) is 6.73. The number of rotatable bonds is 5. The standard InChI is InChI=1S/C27H29N3O3/c1-18(2)28-26(32)23-13-5-6-15-24(23)29-25(31)20-11-8-16-30(17-20)27(33)22-14-7-10-19-9-3-4-12-21(19)22/h3-7,9-10,12-15,18,20H,8,11,16-17H2,1-2H3,(H,28,32)(H,29,31). The van der Waals surface area contributed by atoms with E-state index in [0.29, 0.717) is 36.3 Å². The van der Waals surface area contributed by atoms with Crippen molar-refractivity contribution in [1.29, 1.82) is 0 Å². The van der Waals surface area contributed by atoms with Gasteiger partial charge in [-0.2, -0.15) is 0 Å². The molecule has 0 bridgehead atoms. The number of nitrogens with one attached hydrogen (secondary N) is 2. The van der Waals surface area contributed by atoms with Gasteiger partial charge in [-0.15, -0.1) is 0 Å². The average Bonchev–Trinajstić information content (AvgIpc) is 2.83. The number of hydrogen-bond donors (Lipinski definition) is 2. The summed E-state index contributed by atoms with van der Waals surface area (Å²) in [4.78, 5) is 40.7. The summed E-state index contributed by atoms with van der Waals surface area (Å²) in [6, 6.07) is 20.5. The van der Waals surface area contributed by atoms with Crippen LogP contribution in [-0.2, 0) is 4.79 Å².